The Morgan fingerprint density at radius 2 is 1.69 bits per heavy atom. The molecule has 4 nitrogen and oxygen atoms in total. The summed E-state index contributed by atoms with van der Waals surface area (Å²) >= 11 is 0. The molecule has 0 saturated carbocycles. The zero-order valence-corrected chi connectivity index (χ0v) is 10.1. The zero-order chi connectivity index (χ0) is 11.8. The summed E-state index contributed by atoms with van der Waals surface area (Å²) in [5.74, 6) is 0. The van der Waals surface area contributed by atoms with Gasteiger partial charge in [-0.3, -0.25) is 4.98 Å². The Balaban J connectivity index is 2.53. The zero-order valence-electron chi connectivity index (χ0n) is 10.1. The smallest absolute Gasteiger partial charge is 0.0892 e. The van der Waals surface area contributed by atoms with Gasteiger partial charge in [-0.05, 0) is 19.1 Å². The molecule has 0 radical (unpaired) electrons. The van der Waals surface area contributed by atoms with Crippen molar-refractivity contribution >= 4 is 0 Å². The molecule has 0 spiro atoms. The Kier molecular flexibility index (Phi) is 2.50. The van der Waals surface area contributed by atoms with E-state index >= 15 is 0 Å². The molecule has 0 aliphatic carbocycles. The molecule has 16 heavy (non-hydrogen) atoms. The molecule has 2 aromatic heterocycles. The average molecular weight is 216 g/mol. The topological polar surface area (TPSA) is 43.6 Å². The molecular formula is C12H16N4. The number of rotatable bonds is 1. The van der Waals surface area contributed by atoms with E-state index in [4.69, 9.17) is 0 Å². The van der Waals surface area contributed by atoms with Crippen LogP contribution in [0.1, 0.15) is 32.2 Å². The van der Waals surface area contributed by atoms with Crippen LogP contribution in [-0.2, 0) is 5.41 Å². The quantitative estimate of drug-likeness (QED) is 0.734. The fourth-order valence-electron chi connectivity index (χ4n) is 1.50. The number of hydrogen-bond donors (Lipinski definition) is 0. The third kappa shape index (κ3) is 2.10. The van der Waals surface area contributed by atoms with E-state index in [0.717, 1.165) is 17.1 Å². The highest BCUT2D eigenvalue weighted by Crippen LogP contribution is 2.22. The Morgan fingerprint density at radius 3 is 2.25 bits per heavy atom. The average Bonchev–Trinajstić information content (AvgIpc) is 2.68. The first-order valence-corrected chi connectivity index (χ1v) is 5.33. The molecule has 2 aromatic rings. The highest BCUT2D eigenvalue weighted by atomic mass is 15.5. The minimum atomic E-state index is 0.0356. The van der Waals surface area contributed by atoms with Crippen molar-refractivity contribution < 1.29 is 0 Å². The van der Waals surface area contributed by atoms with E-state index < -0.39 is 0 Å². The van der Waals surface area contributed by atoms with E-state index in [1.165, 1.54) is 0 Å². The van der Waals surface area contributed by atoms with Gasteiger partial charge in [-0.1, -0.05) is 20.8 Å². The van der Waals surface area contributed by atoms with Crippen LogP contribution in [0.2, 0.25) is 0 Å². The Bertz CT molecular complexity index is 480. The summed E-state index contributed by atoms with van der Waals surface area (Å²) in [4.78, 5) is 6.16. The van der Waals surface area contributed by atoms with E-state index in [1.807, 2.05) is 19.1 Å². The second-order valence-electron chi connectivity index (χ2n) is 4.92. The number of nitrogens with zero attached hydrogens (tertiary/aromatic N) is 4. The lowest BCUT2D eigenvalue weighted by molar-refractivity contribution is 0.565. The van der Waals surface area contributed by atoms with Gasteiger partial charge in [0.15, 0.2) is 0 Å². The molecule has 0 aromatic carbocycles. The molecule has 0 bridgehead atoms. The molecule has 0 aliphatic heterocycles. The van der Waals surface area contributed by atoms with Gasteiger partial charge in [0.2, 0.25) is 0 Å². The minimum Gasteiger partial charge on any atom is -0.257 e. The molecule has 0 fully saturated rings. The van der Waals surface area contributed by atoms with Gasteiger partial charge < -0.3 is 0 Å². The molecule has 2 rings (SSSR count). The number of aryl methyl sites for hydroxylation is 1. The van der Waals surface area contributed by atoms with Crippen LogP contribution in [0.3, 0.4) is 0 Å². The third-order valence-corrected chi connectivity index (χ3v) is 2.36. The first kappa shape index (κ1) is 10.8. The van der Waals surface area contributed by atoms with Crippen LogP contribution < -0.4 is 0 Å². The van der Waals surface area contributed by atoms with Crippen LogP contribution in [0.15, 0.2) is 24.5 Å². The largest absolute Gasteiger partial charge is 0.257 e. The highest BCUT2D eigenvalue weighted by Gasteiger charge is 2.17. The first-order valence-electron chi connectivity index (χ1n) is 5.33. The third-order valence-electron chi connectivity index (χ3n) is 2.36. The predicted octanol–water partition coefficient (Wildman–Crippen LogP) is 2.27. The van der Waals surface area contributed by atoms with Crippen molar-refractivity contribution in [3.8, 4) is 5.69 Å². The second kappa shape index (κ2) is 3.70. The molecule has 0 atom stereocenters. The van der Waals surface area contributed by atoms with Crippen LogP contribution in [0.4, 0.5) is 0 Å². The predicted molar refractivity (Wildman–Crippen MR) is 62.6 cm³/mol. The first-order chi connectivity index (χ1) is 7.47. The Hall–Kier alpha value is -1.71. The fourth-order valence-corrected chi connectivity index (χ4v) is 1.50. The van der Waals surface area contributed by atoms with E-state index in [2.05, 4.69) is 36.0 Å². The monoisotopic (exact) mass is 216 g/mol. The van der Waals surface area contributed by atoms with Crippen LogP contribution in [0, 0.1) is 6.92 Å². The van der Waals surface area contributed by atoms with Crippen molar-refractivity contribution in [2.45, 2.75) is 33.1 Å². The molecule has 2 heterocycles. The SMILES string of the molecule is Cc1cc(-n2nccn2)cc(C(C)(C)C)n1. The van der Waals surface area contributed by atoms with Crippen molar-refractivity contribution in [2.75, 3.05) is 0 Å². The number of pyridine rings is 1. The summed E-state index contributed by atoms with van der Waals surface area (Å²) in [7, 11) is 0. The van der Waals surface area contributed by atoms with Gasteiger partial charge in [0.05, 0.1) is 18.1 Å². The maximum absolute atomic E-state index is 4.55. The summed E-state index contributed by atoms with van der Waals surface area (Å²) in [5.41, 5.74) is 3.04. The lowest BCUT2D eigenvalue weighted by Gasteiger charge is -2.19. The molecule has 4 heteroatoms. The van der Waals surface area contributed by atoms with E-state index in [9.17, 15) is 0 Å². The maximum Gasteiger partial charge on any atom is 0.0892 e. The standard InChI is InChI=1S/C12H16N4/c1-9-7-10(16-13-5-6-14-16)8-11(15-9)12(2,3)4/h5-8H,1-4H3. The van der Waals surface area contributed by atoms with Gasteiger partial charge in [-0.25, -0.2) is 0 Å². The van der Waals surface area contributed by atoms with E-state index in [0.29, 0.717) is 0 Å². The molecule has 0 saturated heterocycles. The van der Waals surface area contributed by atoms with Crippen molar-refractivity contribution in [3.05, 3.63) is 35.9 Å². The van der Waals surface area contributed by atoms with Gasteiger partial charge in [0, 0.05) is 16.8 Å². The summed E-state index contributed by atoms with van der Waals surface area (Å²) in [6, 6.07) is 4.02. The molecule has 0 unspecified atom stereocenters. The summed E-state index contributed by atoms with van der Waals surface area (Å²) < 4.78 is 0. The van der Waals surface area contributed by atoms with Gasteiger partial charge in [-0.15, -0.1) is 0 Å². The molecular weight excluding hydrogens is 200 g/mol. The van der Waals surface area contributed by atoms with Gasteiger partial charge in [0.1, 0.15) is 0 Å². The number of hydrogen-bond acceptors (Lipinski definition) is 3. The van der Waals surface area contributed by atoms with Crippen molar-refractivity contribution in [1.29, 1.82) is 0 Å². The second-order valence-corrected chi connectivity index (χ2v) is 4.92. The van der Waals surface area contributed by atoms with Crippen molar-refractivity contribution in [3.63, 3.8) is 0 Å². The lowest BCUT2D eigenvalue weighted by Crippen LogP contribution is -2.15. The molecule has 0 aliphatic rings. The molecule has 84 valence electrons. The van der Waals surface area contributed by atoms with E-state index in [1.54, 1.807) is 17.2 Å². The number of aromatic nitrogens is 4. The van der Waals surface area contributed by atoms with Gasteiger partial charge in [-0.2, -0.15) is 15.0 Å². The Morgan fingerprint density at radius 1 is 1.06 bits per heavy atom. The Labute approximate surface area is 95.3 Å². The fraction of sp³-hybridized carbons (Fsp3) is 0.417. The van der Waals surface area contributed by atoms with Crippen LogP contribution in [0.25, 0.3) is 5.69 Å². The summed E-state index contributed by atoms with van der Waals surface area (Å²) in [6.07, 6.45) is 3.35. The van der Waals surface area contributed by atoms with Crippen LogP contribution in [-0.4, -0.2) is 20.0 Å². The van der Waals surface area contributed by atoms with Gasteiger partial charge >= 0.3 is 0 Å². The molecule has 0 amide bonds. The van der Waals surface area contributed by atoms with Crippen molar-refractivity contribution in [2.24, 2.45) is 0 Å². The maximum atomic E-state index is 4.55. The molecule has 0 N–H and O–H groups in total. The summed E-state index contributed by atoms with van der Waals surface area (Å²) in [5, 5.41) is 8.26. The highest BCUT2D eigenvalue weighted by molar-refractivity contribution is 5.35. The van der Waals surface area contributed by atoms with Gasteiger partial charge in [0.25, 0.3) is 0 Å². The summed E-state index contributed by atoms with van der Waals surface area (Å²) in [6.45, 7) is 8.43. The van der Waals surface area contributed by atoms with Crippen LogP contribution >= 0.6 is 0 Å². The minimum absolute atomic E-state index is 0.0356. The normalized spacial score (nSPS) is 11.8. The van der Waals surface area contributed by atoms with E-state index in [-0.39, 0.29) is 5.41 Å². The van der Waals surface area contributed by atoms with Crippen molar-refractivity contribution in [1.82, 2.24) is 20.0 Å². The lowest BCUT2D eigenvalue weighted by atomic mass is 9.91. The van der Waals surface area contributed by atoms with Crippen LogP contribution in [0.5, 0.6) is 0 Å².